The van der Waals surface area contributed by atoms with E-state index in [0.717, 1.165) is 41.4 Å². The van der Waals surface area contributed by atoms with Gasteiger partial charge in [-0.15, -0.1) is 10.2 Å². The average Bonchev–Trinajstić information content (AvgIpc) is 3.20. The Morgan fingerprint density at radius 2 is 1.77 bits per heavy atom. The average molecular weight is 725 g/mol. The van der Waals surface area contributed by atoms with Crippen molar-refractivity contribution in [2.75, 3.05) is 64.2 Å². The molecule has 2 aliphatic heterocycles. The number of pyridine rings is 1. The lowest BCUT2D eigenvalue weighted by molar-refractivity contribution is -0.103. The van der Waals surface area contributed by atoms with E-state index in [0.29, 0.717) is 85.6 Å². The highest BCUT2D eigenvalue weighted by molar-refractivity contribution is 6.06. The van der Waals surface area contributed by atoms with Crippen molar-refractivity contribution in [2.45, 2.75) is 32.8 Å². The molecular formula is C40H45FN6O6. The van der Waals surface area contributed by atoms with Crippen LogP contribution in [0.1, 0.15) is 30.9 Å². The lowest BCUT2D eigenvalue weighted by Gasteiger charge is -2.28. The number of anilines is 2. The number of rotatable bonds is 14. The Bertz CT molecular complexity index is 1890. The van der Waals surface area contributed by atoms with Crippen molar-refractivity contribution in [2.24, 2.45) is 5.92 Å². The van der Waals surface area contributed by atoms with Crippen LogP contribution in [0.25, 0.3) is 28.0 Å². The molecule has 0 unspecified atom stereocenters. The Hall–Kier alpha value is -5.37. The Balaban J connectivity index is 1.19. The van der Waals surface area contributed by atoms with Gasteiger partial charge >= 0.3 is 0 Å². The van der Waals surface area contributed by atoms with Crippen molar-refractivity contribution < 1.29 is 33.0 Å². The fourth-order valence-corrected chi connectivity index (χ4v) is 6.13. The van der Waals surface area contributed by atoms with Crippen molar-refractivity contribution in [3.8, 4) is 33.9 Å². The molecule has 0 radical (unpaired) electrons. The molecule has 12 nitrogen and oxygen atoms in total. The molecule has 0 aliphatic carbocycles. The smallest absolute Gasteiger partial charge is 0.185 e. The van der Waals surface area contributed by atoms with Gasteiger partial charge in [-0.25, -0.2) is 4.98 Å². The first kappa shape index (κ1) is 37.4. The van der Waals surface area contributed by atoms with Crippen molar-refractivity contribution in [1.29, 1.82) is 0 Å². The van der Waals surface area contributed by atoms with Gasteiger partial charge in [0, 0.05) is 55.1 Å². The number of allylic oxidation sites excluding steroid dienone is 2. The van der Waals surface area contributed by atoms with E-state index in [1.54, 1.807) is 38.7 Å². The Morgan fingerprint density at radius 1 is 0.962 bits per heavy atom. The van der Waals surface area contributed by atoms with E-state index in [4.69, 9.17) is 29.4 Å². The normalized spacial score (nSPS) is 16.9. The van der Waals surface area contributed by atoms with Gasteiger partial charge < -0.3 is 34.3 Å². The topological polar surface area (TPSA) is 134 Å². The molecule has 2 saturated heterocycles. The van der Waals surface area contributed by atoms with E-state index < -0.39 is 0 Å². The van der Waals surface area contributed by atoms with E-state index in [1.807, 2.05) is 60.4 Å². The third kappa shape index (κ3) is 9.74. The van der Waals surface area contributed by atoms with E-state index in [2.05, 4.69) is 15.2 Å². The molecule has 278 valence electrons. The zero-order chi connectivity index (χ0) is 37.2. The Kier molecular flexibility index (Phi) is 12.6. The fourth-order valence-electron chi connectivity index (χ4n) is 6.13. The van der Waals surface area contributed by atoms with E-state index in [1.165, 1.54) is 6.07 Å². The molecule has 13 heteroatoms. The van der Waals surface area contributed by atoms with Crippen LogP contribution in [0.15, 0.2) is 85.0 Å². The quantitative estimate of drug-likeness (QED) is 0.0874. The molecule has 2 aliphatic rings. The maximum absolute atomic E-state index is 15.9. The van der Waals surface area contributed by atoms with Crippen LogP contribution in [-0.2, 0) is 19.0 Å². The summed E-state index contributed by atoms with van der Waals surface area (Å²) in [5.74, 6) is 1.68. The number of nitrogen functional groups attached to an aromatic ring is 1. The predicted octanol–water partition coefficient (Wildman–Crippen LogP) is 6.42. The van der Waals surface area contributed by atoms with Crippen molar-refractivity contribution in [1.82, 2.24) is 20.1 Å². The molecule has 2 aromatic heterocycles. The highest BCUT2D eigenvalue weighted by Gasteiger charge is 2.20. The van der Waals surface area contributed by atoms with Crippen LogP contribution in [0, 0.1) is 12.8 Å². The highest BCUT2D eigenvalue weighted by atomic mass is 19.2. The first-order valence-corrected chi connectivity index (χ1v) is 17.6. The van der Waals surface area contributed by atoms with Gasteiger partial charge in [0.05, 0.1) is 38.3 Å². The summed E-state index contributed by atoms with van der Waals surface area (Å²) in [7, 11) is 1.58. The van der Waals surface area contributed by atoms with Gasteiger partial charge in [0.25, 0.3) is 0 Å². The fraction of sp³-hybridized carbons (Fsp3) is 0.350. The number of ether oxygens (including phenoxy) is 5. The SMILES string of the molecule is COc1cc(-c2cnc(N)c(-c3ccc(N(F)/C(C)=C/N(/C=C(\C=O)c4ccc(C)cc4)CC4CCOCC4)nn3)c2)ccc1OC[C@H]1COCCO1. The number of methoxy groups -OCH3 is 1. The number of aryl methyl sites for hydroxylation is 1. The number of halogens is 1. The molecule has 53 heavy (non-hydrogen) atoms. The summed E-state index contributed by atoms with van der Waals surface area (Å²) >= 11 is 0. The minimum atomic E-state index is -0.145. The summed E-state index contributed by atoms with van der Waals surface area (Å²) in [4.78, 5) is 18.5. The third-order valence-electron chi connectivity index (χ3n) is 9.14. The monoisotopic (exact) mass is 724 g/mol. The second-order valence-corrected chi connectivity index (χ2v) is 13.1. The van der Waals surface area contributed by atoms with Crippen LogP contribution < -0.4 is 20.3 Å². The summed E-state index contributed by atoms with van der Waals surface area (Å²) in [6.07, 6.45) is 7.54. The summed E-state index contributed by atoms with van der Waals surface area (Å²) in [6, 6.07) is 18.3. The van der Waals surface area contributed by atoms with E-state index in [9.17, 15) is 4.79 Å². The minimum Gasteiger partial charge on any atom is -0.493 e. The predicted molar refractivity (Wildman–Crippen MR) is 201 cm³/mol. The first-order valence-electron chi connectivity index (χ1n) is 17.6. The molecule has 0 amide bonds. The molecule has 0 saturated carbocycles. The number of nitrogens with zero attached hydrogens (tertiary/aromatic N) is 5. The number of carbonyl (C=O) groups excluding carboxylic acids is 1. The molecule has 2 aromatic carbocycles. The summed E-state index contributed by atoms with van der Waals surface area (Å²) < 4.78 is 44.1. The number of nitrogens with two attached hydrogens (primary N) is 1. The van der Waals surface area contributed by atoms with Crippen molar-refractivity contribution in [3.05, 3.63) is 96.1 Å². The number of hydrogen-bond donors (Lipinski definition) is 1. The van der Waals surface area contributed by atoms with Crippen molar-refractivity contribution >= 4 is 23.5 Å². The second-order valence-electron chi connectivity index (χ2n) is 13.1. The summed E-state index contributed by atoms with van der Waals surface area (Å²) in [5, 5.41) is 8.97. The number of carbonyl (C=O) groups is 1. The number of aromatic nitrogens is 3. The molecule has 4 heterocycles. The maximum atomic E-state index is 15.9. The zero-order valence-electron chi connectivity index (χ0n) is 30.2. The van der Waals surface area contributed by atoms with Gasteiger partial charge in [-0.2, -0.15) is 5.12 Å². The molecule has 0 bridgehead atoms. The van der Waals surface area contributed by atoms with Crippen LogP contribution in [0.4, 0.5) is 16.1 Å². The van der Waals surface area contributed by atoms with E-state index >= 15 is 4.48 Å². The number of aldehydes is 1. The van der Waals surface area contributed by atoms with Gasteiger partial charge in [0.15, 0.2) is 23.6 Å². The Morgan fingerprint density at radius 3 is 2.47 bits per heavy atom. The number of benzene rings is 2. The molecule has 6 rings (SSSR count). The molecule has 1 atom stereocenters. The minimum absolute atomic E-state index is 0.0140. The largest absolute Gasteiger partial charge is 0.493 e. The Labute approximate surface area is 308 Å². The van der Waals surface area contributed by atoms with Crippen LogP contribution in [0.2, 0.25) is 0 Å². The van der Waals surface area contributed by atoms with Gasteiger partial charge in [-0.3, -0.25) is 4.79 Å². The molecule has 2 fully saturated rings. The third-order valence-corrected chi connectivity index (χ3v) is 9.14. The van der Waals surface area contributed by atoms with Gasteiger partial charge in [0.1, 0.15) is 18.5 Å². The molecule has 4 aromatic rings. The van der Waals surface area contributed by atoms with Crippen LogP contribution in [0.5, 0.6) is 11.5 Å². The van der Waals surface area contributed by atoms with Crippen LogP contribution >= 0.6 is 0 Å². The molecule has 2 N–H and O–H groups in total. The molecular weight excluding hydrogens is 679 g/mol. The summed E-state index contributed by atoms with van der Waals surface area (Å²) in [6.45, 7) is 7.52. The van der Waals surface area contributed by atoms with Crippen LogP contribution in [0.3, 0.4) is 0 Å². The van der Waals surface area contributed by atoms with E-state index in [-0.39, 0.29) is 23.4 Å². The lowest BCUT2D eigenvalue weighted by atomic mass is 9.99. The second kappa shape index (κ2) is 17.9. The van der Waals surface area contributed by atoms with Gasteiger partial charge in [-0.05, 0) is 74.1 Å². The number of hydrogen-bond acceptors (Lipinski definition) is 12. The first-order chi connectivity index (χ1) is 25.8. The zero-order valence-corrected chi connectivity index (χ0v) is 30.2. The van der Waals surface area contributed by atoms with Crippen LogP contribution in [-0.4, -0.2) is 85.8 Å². The maximum Gasteiger partial charge on any atom is 0.185 e. The van der Waals surface area contributed by atoms with Gasteiger partial charge in [-0.1, -0.05) is 40.4 Å². The molecule has 0 spiro atoms. The summed E-state index contributed by atoms with van der Waals surface area (Å²) in [5.41, 5.74) is 11.5. The van der Waals surface area contributed by atoms with Crippen molar-refractivity contribution in [3.63, 3.8) is 0 Å². The lowest BCUT2D eigenvalue weighted by Crippen LogP contribution is -2.33. The van der Waals surface area contributed by atoms with Gasteiger partial charge in [0.2, 0.25) is 0 Å². The standard InChI is InChI=1S/C40H45FN6O6/c1-27-4-6-30(7-5-27)33(24-48)23-46(22-29-12-14-50-15-13-29)21-28(2)47(41)39-11-9-36(44-45-39)35-18-32(20-43-40(35)42)31-8-10-37(38(19-31)49-3)53-26-34-25-51-16-17-52-34/h4-11,18-21,23-24,29,34H,12-17,22,25-26H2,1-3H3,(H2,42,43)/b28-21+,33-23+/t34-/m1/s1. The highest BCUT2D eigenvalue weighted by Crippen LogP contribution is 2.35.